The van der Waals surface area contributed by atoms with Crippen molar-refractivity contribution in [2.45, 2.75) is 37.1 Å². The number of nitrogens with zero attached hydrogens (tertiary/aromatic N) is 1. The highest BCUT2D eigenvalue weighted by Gasteiger charge is 2.27. The molecule has 0 radical (unpaired) electrons. The number of carbonyl (C=O) groups excluding carboxylic acids is 1. The topological polar surface area (TPSA) is 55.1 Å². The molecule has 2 atom stereocenters. The molecule has 1 amide bonds. The molecule has 1 fully saturated rings. The van der Waals surface area contributed by atoms with Crippen LogP contribution in [-0.4, -0.2) is 21.9 Å². The first-order valence-electron chi connectivity index (χ1n) is 5.04. The lowest BCUT2D eigenvalue weighted by Crippen LogP contribution is -2.37. The monoisotopic (exact) mass is 272 g/mol. The number of aromatic nitrogens is 1. The van der Waals surface area contributed by atoms with E-state index in [9.17, 15) is 4.79 Å². The van der Waals surface area contributed by atoms with Crippen LogP contribution in [0.15, 0.2) is 10.7 Å². The van der Waals surface area contributed by atoms with Crippen LogP contribution in [0.2, 0.25) is 0 Å². The van der Waals surface area contributed by atoms with Gasteiger partial charge >= 0.3 is 0 Å². The largest absolute Gasteiger partial charge is 0.361 e. The quantitative estimate of drug-likeness (QED) is 0.839. The van der Waals surface area contributed by atoms with Gasteiger partial charge in [0.05, 0.1) is 6.20 Å². The minimum absolute atomic E-state index is 0.0925. The summed E-state index contributed by atoms with van der Waals surface area (Å²) in [6.45, 7) is 1.74. The number of amides is 1. The summed E-state index contributed by atoms with van der Waals surface area (Å²) < 4.78 is 4.85. The molecule has 4 nitrogen and oxygen atoms in total. The van der Waals surface area contributed by atoms with E-state index in [0.29, 0.717) is 16.2 Å². The third-order valence-corrected chi connectivity index (χ3v) is 3.84. The summed E-state index contributed by atoms with van der Waals surface area (Å²) >= 11 is 3.56. The second kappa shape index (κ2) is 4.35. The predicted octanol–water partition coefficient (Wildman–Crippen LogP) is 2.03. The highest BCUT2D eigenvalue weighted by Crippen LogP contribution is 2.25. The van der Waals surface area contributed by atoms with E-state index in [4.69, 9.17) is 4.52 Å². The Morgan fingerprint density at radius 3 is 3.00 bits per heavy atom. The molecule has 1 N–H and O–H groups in total. The molecule has 82 valence electrons. The molecule has 0 aliphatic heterocycles. The fourth-order valence-electron chi connectivity index (χ4n) is 1.84. The van der Waals surface area contributed by atoms with Gasteiger partial charge in [-0.1, -0.05) is 27.5 Å². The standard InChI is InChI=1S/C10H13BrN2O2/c1-6-7(5-12-15-6)10(14)13-9-4-2-3-8(9)11/h5,8-9H,2-4H2,1H3,(H,13,14). The van der Waals surface area contributed by atoms with Gasteiger partial charge in [-0.25, -0.2) is 0 Å². The number of rotatable bonds is 2. The van der Waals surface area contributed by atoms with Crippen LogP contribution in [0, 0.1) is 6.92 Å². The normalized spacial score (nSPS) is 25.5. The summed E-state index contributed by atoms with van der Waals surface area (Å²) in [6.07, 6.45) is 4.77. The number of alkyl halides is 1. The van der Waals surface area contributed by atoms with E-state index in [1.165, 1.54) is 6.20 Å². The fraction of sp³-hybridized carbons (Fsp3) is 0.600. The lowest BCUT2D eigenvalue weighted by molar-refractivity contribution is 0.0937. The first kappa shape index (κ1) is 10.7. The number of hydrogen-bond donors (Lipinski definition) is 1. The predicted molar refractivity (Wildman–Crippen MR) is 59.1 cm³/mol. The van der Waals surface area contributed by atoms with E-state index in [2.05, 4.69) is 26.4 Å². The van der Waals surface area contributed by atoms with Gasteiger partial charge in [-0.3, -0.25) is 4.79 Å². The van der Waals surface area contributed by atoms with Crippen LogP contribution < -0.4 is 5.32 Å². The molecule has 1 saturated carbocycles. The Labute approximate surface area is 96.5 Å². The van der Waals surface area contributed by atoms with Crippen molar-refractivity contribution in [2.75, 3.05) is 0 Å². The maximum Gasteiger partial charge on any atom is 0.256 e. The molecule has 1 aromatic heterocycles. The molecule has 0 bridgehead atoms. The second-order valence-corrected chi connectivity index (χ2v) is 5.00. The molecule has 0 spiro atoms. The zero-order chi connectivity index (χ0) is 10.8. The molecule has 1 aromatic rings. The molecule has 0 saturated heterocycles. The maximum absolute atomic E-state index is 11.8. The van der Waals surface area contributed by atoms with Crippen LogP contribution >= 0.6 is 15.9 Å². The van der Waals surface area contributed by atoms with Crippen LogP contribution in [0.5, 0.6) is 0 Å². The zero-order valence-corrected chi connectivity index (χ0v) is 10.1. The Kier molecular flexibility index (Phi) is 3.09. The fourth-order valence-corrected chi connectivity index (χ4v) is 2.56. The first-order chi connectivity index (χ1) is 7.18. The van der Waals surface area contributed by atoms with Crippen molar-refractivity contribution in [1.82, 2.24) is 10.5 Å². The summed E-state index contributed by atoms with van der Waals surface area (Å²) in [5, 5.41) is 6.57. The van der Waals surface area contributed by atoms with E-state index in [-0.39, 0.29) is 11.9 Å². The van der Waals surface area contributed by atoms with E-state index in [1.807, 2.05) is 0 Å². The summed E-state index contributed by atoms with van der Waals surface area (Å²) in [5.74, 6) is 0.474. The van der Waals surface area contributed by atoms with E-state index < -0.39 is 0 Å². The summed E-state index contributed by atoms with van der Waals surface area (Å²) in [6, 6.07) is 0.229. The summed E-state index contributed by atoms with van der Waals surface area (Å²) in [7, 11) is 0. The third kappa shape index (κ3) is 2.22. The van der Waals surface area contributed by atoms with Gasteiger partial charge in [0.25, 0.3) is 5.91 Å². The minimum Gasteiger partial charge on any atom is -0.361 e. The molecule has 2 rings (SSSR count). The van der Waals surface area contributed by atoms with Crippen LogP contribution in [0.25, 0.3) is 0 Å². The molecule has 5 heteroatoms. The van der Waals surface area contributed by atoms with Crippen molar-refractivity contribution < 1.29 is 9.32 Å². The summed E-state index contributed by atoms with van der Waals surface area (Å²) in [5.41, 5.74) is 0.529. The Bertz CT molecular complexity index is 364. The van der Waals surface area contributed by atoms with Gasteiger partial charge in [-0.2, -0.15) is 0 Å². The molecular weight excluding hydrogens is 260 g/mol. The molecule has 1 aliphatic carbocycles. The molecule has 2 unspecified atom stereocenters. The zero-order valence-electron chi connectivity index (χ0n) is 8.50. The van der Waals surface area contributed by atoms with Crippen molar-refractivity contribution in [3.8, 4) is 0 Å². The SMILES string of the molecule is Cc1oncc1C(=O)NC1CCCC1Br. The van der Waals surface area contributed by atoms with E-state index in [0.717, 1.165) is 19.3 Å². The molecule has 1 aliphatic rings. The average Bonchev–Trinajstić information content (AvgIpc) is 2.76. The van der Waals surface area contributed by atoms with Crippen molar-refractivity contribution >= 4 is 21.8 Å². The van der Waals surface area contributed by atoms with Crippen molar-refractivity contribution in [3.63, 3.8) is 0 Å². The minimum atomic E-state index is -0.0925. The van der Waals surface area contributed by atoms with Gasteiger partial charge in [0, 0.05) is 10.9 Å². The van der Waals surface area contributed by atoms with Gasteiger partial charge in [0.2, 0.25) is 0 Å². The Hall–Kier alpha value is -0.840. The third-order valence-electron chi connectivity index (χ3n) is 2.74. The lowest BCUT2D eigenvalue weighted by atomic mass is 10.2. The molecule has 15 heavy (non-hydrogen) atoms. The number of carbonyl (C=O) groups is 1. The maximum atomic E-state index is 11.8. The average molecular weight is 273 g/mol. The van der Waals surface area contributed by atoms with Crippen LogP contribution in [0.3, 0.4) is 0 Å². The Morgan fingerprint density at radius 2 is 2.47 bits per heavy atom. The number of nitrogens with one attached hydrogen (secondary N) is 1. The van der Waals surface area contributed by atoms with E-state index in [1.54, 1.807) is 6.92 Å². The van der Waals surface area contributed by atoms with Crippen molar-refractivity contribution in [3.05, 3.63) is 17.5 Å². The molecule has 0 aromatic carbocycles. The van der Waals surface area contributed by atoms with Crippen molar-refractivity contribution in [1.29, 1.82) is 0 Å². The van der Waals surface area contributed by atoms with Gasteiger partial charge < -0.3 is 9.84 Å². The van der Waals surface area contributed by atoms with Gasteiger partial charge in [0.15, 0.2) is 0 Å². The highest BCUT2D eigenvalue weighted by atomic mass is 79.9. The number of hydrogen-bond acceptors (Lipinski definition) is 3. The highest BCUT2D eigenvalue weighted by molar-refractivity contribution is 9.09. The van der Waals surface area contributed by atoms with Crippen LogP contribution in [0.4, 0.5) is 0 Å². The molecular formula is C10H13BrN2O2. The number of halogens is 1. The van der Waals surface area contributed by atoms with Gasteiger partial charge in [-0.05, 0) is 19.8 Å². The number of aryl methyl sites for hydroxylation is 1. The van der Waals surface area contributed by atoms with E-state index >= 15 is 0 Å². The van der Waals surface area contributed by atoms with Crippen LogP contribution in [0.1, 0.15) is 35.4 Å². The first-order valence-corrected chi connectivity index (χ1v) is 5.96. The summed E-state index contributed by atoms with van der Waals surface area (Å²) in [4.78, 5) is 12.2. The Morgan fingerprint density at radius 1 is 1.67 bits per heavy atom. The smallest absolute Gasteiger partial charge is 0.256 e. The van der Waals surface area contributed by atoms with Gasteiger partial charge in [0.1, 0.15) is 11.3 Å². The second-order valence-electron chi connectivity index (χ2n) is 3.82. The van der Waals surface area contributed by atoms with Crippen molar-refractivity contribution in [2.24, 2.45) is 0 Å². The van der Waals surface area contributed by atoms with Gasteiger partial charge in [-0.15, -0.1) is 0 Å². The van der Waals surface area contributed by atoms with Crippen LogP contribution in [-0.2, 0) is 0 Å². The lowest BCUT2D eigenvalue weighted by Gasteiger charge is -2.15. The Balaban J connectivity index is 2.01. The molecule has 1 heterocycles.